The highest BCUT2D eigenvalue weighted by atomic mass is 79.9. The molecular formula is C16H23Br. The van der Waals surface area contributed by atoms with Crippen LogP contribution >= 0.6 is 15.9 Å². The molecule has 1 aromatic carbocycles. The van der Waals surface area contributed by atoms with Gasteiger partial charge in [0.2, 0.25) is 0 Å². The highest BCUT2D eigenvalue weighted by molar-refractivity contribution is 9.09. The Kier molecular flexibility index (Phi) is 4.67. The topological polar surface area (TPSA) is 0 Å². The first-order valence-corrected chi connectivity index (χ1v) is 7.82. The second-order valence-electron chi connectivity index (χ2n) is 5.57. The SMILES string of the molecule is CCc1ccc(CC2CC(C)CCC2Br)cc1. The maximum Gasteiger partial charge on any atom is 0.0177 e. The van der Waals surface area contributed by atoms with Crippen LogP contribution < -0.4 is 0 Å². The molecule has 1 heteroatoms. The molecule has 0 saturated heterocycles. The van der Waals surface area contributed by atoms with Crippen molar-refractivity contribution >= 4 is 15.9 Å². The Hall–Kier alpha value is -0.300. The molecule has 1 aliphatic carbocycles. The van der Waals surface area contributed by atoms with Crippen LogP contribution in [-0.4, -0.2) is 4.83 Å². The highest BCUT2D eigenvalue weighted by Crippen LogP contribution is 2.35. The third-order valence-electron chi connectivity index (χ3n) is 4.08. The maximum absolute atomic E-state index is 3.87. The molecule has 1 aliphatic rings. The van der Waals surface area contributed by atoms with Crippen molar-refractivity contribution in [3.63, 3.8) is 0 Å². The lowest BCUT2D eigenvalue weighted by Gasteiger charge is -2.31. The summed E-state index contributed by atoms with van der Waals surface area (Å²) in [5.41, 5.74) is 2.95. The standard InChI is InChI=1S/C16H23Br/c1-3-13-5-7-14(8-6-13)11-15-10-12(2)4-9-16(15)17/h5-8,12,15-16H,3-4,9-11H2,1-2H3. The average Bonchev–Trinajstić information content (AvgIpc) is 2.35. The quantitative estimate of drug-likeness (QED) is 0.689. The summed E-state index contributed by atoms with van der Waals surface area (Å²) in [7, 11) is 0. The van der Waals surface area contributed by atoms with Crippen LogP contribution in [0.5, 0.6) is 0 Å². The molecule has 0 heterocycles. The zero-order valence-corrected chi connectivity index (χ0v) is 12.5. The van der Waals surface area contributed by atoms with Crippen molar-refractivity contribution in [3.8, 4) is 0 Å². The first kappa shape index (κ1) is 13.1. The Bertz CT molecular complexity index is 341. The zero-order chi connectivity index (χ0) is 12.3. The molecule has 0 nitrogen and oxygen atoms in total. The number of hydrogen-bond acceptors (Lipinski definition) is 0. The molecule has 1 saturated carbocycles. The van der Waals surface area contributed by atoms with Crippen LogP contribution in [0.15, 0.2) is 24.3 Å². The van der Waals surface area contributed by atoms with Crippen LogP contribution in [-0.2, 0) is 12.8 Å². The molecule has 0 aromatic heterocycles. The summed E-state index contributed by atoms with van der Waals surface area (Å²) >= 11 is 3.87. The van der Waals surface area contributed by atoms with Crippen molar-refractivity contribution < 1.29 is 0 Å². The Balaban J connectivity index is 1.98. The fourth-order valence-corrected chi connectivity index (χ4v) is 3.55. The van der Waals surface area contributed by atoms with Crippen molar-refractivity contribution in [2.45, 2.75) is 50.8 Å². The van der Waals surface area contributed by atoms with Gasteiger partial charge in [-0.1, -0.05) is 54.0 Å². The van der Waals surface area contributed by atoms with Gasteiger partial charge in [-0.3, -0.25) is 0 Å². The van der Waals surface area contributed by atoms with E-state index >= 15 is 0 Å². The van der Waals surface area contributed by atoms with Crippen molar-refractivity contribution in [1.29, 1.82) is 0 Å². The number of halogens is 1. The molecular weight excluding hydrogens is 272 g/mol. The van der Waals surface area contributed by atoms with Crippen molar-refractivity contribution in [2.75, 3.05) is 0 Å². The average molecular weight is 295 g/mol. The van der Waals surface area contributed by atoms with Crippen molar-refractivity contribution in [3.05, 3.63) is 35.4 Å². The van der Waals surface area contributed by atoms with Gasteiger partial charge in [0.1, 0.15) is 0 Å². The molecule has 0 N–H and O–H groups in total. The molecule has 3 unspecified atom stereocenters. The van der Waals surface area contributed by atoms with E-state index in [-0.39, 0.29) is 0 Å². The molecule has 3 atom stereocenters. The van der Waals surface area contributed by atoms with Gasteiger partial charge in [-0.25, -0.2) is 0 Å². The van der Waals surface area contributed by atoms with E-state index in [9.17, 15) is 0 Å². The van der Waals surface area contributed by atoms with E-state index < -0.39 is 0 Å². The number of alkyl halides is 1. The zero-order valence-electron chi connectivity index (χ0n) is 11.0. The predicted octanol–water partition coefficient (Wildman–Crippen LogP) is 4.99. The maximum atomic E-state index is 3.87. The van der Waals surface area contributed by atoms with Crippen molar-refractivity contribution in [2.24, 2.45) is 11.8 Å². The van der Waals surface area contributed by atoms with Gasteiger partial charge in [0.05, 0.1) is 0 Å². The molecule has 0 spiro atoms. The molecule has 0 bridgehead atoms. The molecule has 0 aliphatic heterocycles. The molecule has 94 valence electrons. The summed E-state index contributed by atoms with van der Waals surface area (Å²) in [6, 6.07) is 9.20. The van der Waals surface area contributed by atoms with E-state index in [2.05, 4.69) is 54.0 Å². The molecule has 1 aromatic rings. The summed E-state index contributed by atoms with van der Waals surface area (Å²) in [5, 5.41) is 0. The Morgan fingerprint density at radius 1 is 1.12 bits per heavy atom. The monoisotopic (exact) mass is 294 g/mol. The van der Waals surface area contributed by atoms with Gasteiger partial charge in [0, 0.05) is 4.83 Å². The summed E-state index contributed by atoms with van der Waals surface area (Å²) in [5.74, 6) is 1.73. The van der Waals surface area contributed by atoms with Crippen LogP contribution in [0.25, 0.3) is 0 Å². The lowest BCUT2D eigenvalue weighted by molar-refractivity contribution is 0.294. The Morgan fingerprint density at radius 3 is 2.41 bits per heavy atom. The number of hydrogen-bond donors (Lipinski definition) is 0. The summed E-state index contributed by atoms with van der Waals surface area (Å²) in [6.45, 7) is 4.61. The predicted molar refractivity (Wildman–Crippen MR) is 78.7 cm³/mol. The first-order valence-electron chi connectivity index (χ1n) is 6.91. The van der Waals surface area contributed by atoms with Gasteiger partial charge in [0.15, 0.2) is 0 Å². The van der Waals surface area contributed by atoms with Gasteiger partial charge in [0.25, 0.3) is 0 Å². The number of benzene rings is 1. The summed E-state index contributed by atoms with van der Waals surface area (Å²) < 4.78 is 0. The largest absolute Gasteiger partial charge is 0.0888 e. The minimum absolute atomic E-state index is 0.726. The Morgan fingerprint density at radius 2 is 1.76 bits per heavy atom. The summed E-state index contributed by atoms with van der Waals surface area (Å²) in [4.78, 5) is 0.726. The minimum atomic E-state index is 0.726. The van der Waals surface area contributed by atoms with Crippen LogP contribution in [0, 0.1) is 11.8 Å². The van der Waals surface area contributed by atoms with Gasteiger partial charge in [-0.15, -0.1) is 0 Å². The third kappa shape index (κ3) is 3.58. The third-order valence-corrected chi connectivity index (χ3v) is 5.29. The van der Waals surface area contributed by atoms with Crippen molar-refractivity contribution in [1.82, 2.24) is 0 Å². The van der Waals surface area contributed by atoms with E-state index in [0.717, 1.165) is 23.1 Å². The molecule has 1 fully saturated rings. The smallest absolute Gasteiger partial charge is 0.0177 e. The van der Waals surface area contributed by atoms with Crippen LogP contribution in [0.3, 0.4) is 0 Å². The van der Waals surface area contributed by atoms with E-state index in [1.165, 1.54) is 36.8 Å². The van der Waals surface area contributed by atoms with E-state index in [0.29, 0.717) is 0 Å². The minimum Gasteiger partial charge on any atom is -0.0888 e. The lowest BCUT2D eigenvalue weighted by Crippen LogP contribution is -2.25. The fraction of sp³-hybridized carbons (Fsp3) is 0.625. The van der Waals surface area contributed by atoms with Gasteiger partial charge in [-0.05, 0) is 55.1 Å². The van der Waals surface area contributed by atoms with Crippen LogP contribution in [0.4, 0.5) is 0 Å². The first-order chi connectivity index (χ1) is 8.19. The highest BCUT2D eigenvalue weighted by Gasteiger charge is 2.26. The molecule has 0 radical (unpaired) electrons. The second kappa shape index (κ2) is 6.04. The fourth-order valence-electron chi connectivity index (χ4n) is 2.89. The molecule has 2 rings (SSSR count). The van der Waals surface area contributed by atoms with E-state index in [1.54, 1.807) is 0 Å². The second-order valence-corrected chi connectivity index (χ2v) is 6.74. The normalized spacial score (nSPS) is 29.2. The molecule has 17 heavy (non-hydrogen) atoms. The Labute approximate surface area is 114 Å². The van der Waals surface area contributed by atoms with Crippen LogP contribution in [0.2, 0.25) is 0 Å². The van der Waals surface area contributed by atoms with Crippen LogP contribution in [0.1, 0.15) is 44.2 Å². The number of aryl methyl sites for hydroxylation is 1. The van der Waals surface area contributed by atoms with Gasteiger partial charge >= 0.3 is 0 Å². The van der Waals surface area contributed by atoms with Gasteiger partial charge < -0.3 is 0 Å². The van der Waals surface area contributed by atoms with Gasteiger partial charge in [-0.2, -0.15) is 0 Å². The lowest BCUT2D eigenvalue weighted by atomic mass is 9.79. The van der Waals surface area contributed by atoms with E-state index in [4.69, 9.17) is 0 Å². The molecule has 0 amide bonds. The summed E-state index contributed by atoms with van der Waals surface area (Å²) in [6.07, 6.45) is 6.50. The number of rotatable bonds is 3. The van der Waals surface area contributed by atoms with E-state index in [1.807, 2.05) is 0 Å².